The first kappa shape index (κ1) is 11.1. The second kappa shape index (κ2) is 5.59. The van der Waals surface area contributed by atoms with Gasteiger partial charge in [-0.15, -0.1) is 0 Å². The highest BCUT2D eigenvalue weighted by molar-refractivity contribution is 6.13. The Morgan fingerprint density at radius 1 is 1.31 bits per heavy atom. The molecular formula is C14H18N2. The molecule has 0 atom stereocenters. The van der Waals surface area contributed by atoms with Gasteiger partial charge in [0.25, 0.3) is 0 Å². The minimum Gasteiger partial charge on any atom is -0.280 e. The Hall–Kier alpha value is -1.44. The van der Waals surface area contributed by atoms with Crippen LogP contribution in [0.1, 0.15) is 38.2 Å². The zero-order valence-electron chi connectivity index (χ0n) is 9.82. The second-order valence-electron chi connectivity index (χ2n) is 4.12. The molecule has 0 aliphatic carbocycles. The molecule has 0 radical (unpaired) electrons. The van der Waals surface area contributed by atoms with Crippen molar-refractivity contribution in [2.75, 3.05) is 6.54 Å². The number of aliphatic imine (C=N–C) groups is 1. The molecule has 0 spiro atoms. The zero-order chi connectivity index (χ0) is 11.2. The van der Waals surface area contributed by atoms with Crippen LogP contribution in [0.5, 0.6) is 0 Å². The Labute approximate surface area is 97.1 Å². The number of rotatable bonds is 5. The summed E-state index contributed by atoms with van der Waals surface area (Å²) in [5, 5.41) is 0. The van der Waals surface area contributed by atoms with E-state index in [2.05, 4.69) is 29.0 Å². The molecule has 1 aromatic heterocycles. The van der Waals surface area contributed by atoms with E-state index in [1.807, 2.05) is 12.3 Å². The highest BCUT2D eigenvalue weighted by Crippen LogP contribution is 2.19. The van der Waals surface area contributed by atoms with Gasteiger partial charge >= 0.3 is 0 Å². The maximum atomic E-state index is 4.55. The van der Waals surface area contributed by atoms with Crippen molar-refractivity contribution in [3.63, 3.8) is 0 Å². The van der Waals surface area contributed by atoms with Gasteiger partial charge in [0.05, 0.1) is 12.3 Å². The molecule has 84 valence electrons. The summed E-state index contributed by atoms with van der Waals surface area (Å²) in [6.45, 7) is 3.07. The lowest BCUT2D eigenvalue weighted by Gasteiger charge is -2.06. The number of pyridine rings is 1. The molecule has 1 aliphatic rings. The van der Waals surface area contributed by atoms with Crippen molar-refractivity contribution in [2.24, 2.45) is 4.99 Å². The maximum Gasteiger partial charge on any atom is 0.0695 e. The minimum atomic E-state index is 0.839. The van der Waals surface area contributed by atoms with E-state index in [9.17, 15) is 0 Å². The number of aromatic nitrogens is 1. The fourth-order valence-electron chi connectivity index (χ4n) is 2.01. The van der Waals surface area contributed by atoms with Crippen molar-refractivity contribution in [1.29, 1.82) is 0 Å². The molecule has 2 heteroatoms. The van der Waals surface area contributed by atoms with Gasteiger partial charge in [-0.05, 0) is 30.5 Å². The highest BCUT2D eigenvalue weighted by atomic mass is 14.8. The fraction of sp³-hybridized carbons (Fsp3) is 0.429. The Kier molecular flexibility index (Phi) is 3.86. The molecule has 2 heterocycles. The first-order valence-corrected chi connectivity index (χ1v) is 6.06. The van der Waals surface area contributed by atoms with Gasteiger partial charge in [-0.2, -0.15) is 0 Å². The monoisotopic (exact) mass is 214 g/mol. The third kappa shape index (κ3) is 2.57. The SMILES string of the molecule is CCCCCC1=CCN=C1c1cccnc1. The summed E-state index contributed by atoms with van der Waals surface area (Å²) in [7, 11) is 0. The lowest BCUT2D eigenvalue weighted by atomic mass is 10.00. The lowest BCUT2D eigenvalue weighted by molar-refractivity contribution is 0.722. The number of allylic oxidation sites excluding steroid dienone is 1. The number of nitrogens with zero attached hydrogens (tertiary/aromatic N) is 2. The van der Waals surface area contributed by atoms with Crippen molar-refractivity contribution >= 4 is 5.71 Å². The molecule has 2 nitrogen and oxygen atoms in total. The van der Waals surface area contributed by atoms with Crippen LogP contribution >= 0.6 is 0 Å². The third-order valence-corrected chi connectivity index (χ3v) is 2.88. The van der Waals surface area contributed by atoms with Crippen LogP contribution in [0, 0.1) is 0 Å². The molecule has 0 N–H and O–H groups in total. The van der Waals surface area contributed by atoms with E-state index < -0.39 is 0 Å². The molecule has 0 saturated carbocycles. The molecule has 0 amide bonds. The lowest BCUT2D eigenvalue weighted by Crippen LogP contribution is -2.02. The maximum absolute atomic E-state index is 4.55. The number of hydrogen-bond acceptors (Lipinski definition) is 2. The van der Waals surface area contributed by atoms with Gasteiger partial charge in [-0.3, -0.25) is 9.98 Å². The molecule has 0 aromatic carbocycles. The zero-order valence-corrected chi connectivity index (χ0v) is 9.82. The second-order valence-corrected chi connectivity index (χ2v) is 4.12. The molecule has 0 fully saturated rings. The molecule has 1 aliphatic heterocycles. The van der Waals surface area contributed by atoms with Crippen LogP contribution in [0.15, 0.2) is 41.2 Å². The predicted molar refractivity (Wildman–Crippen MR) is 67.9 cm³/mol. The van der Waals surface area contributed by atoms with Crippen LogP contribution in [0.2, 0.25) is 0 Å². The summed E-state index contributed by atoms with van der Waals surface area (Å²) in [6.07, 6.45) is 10.9. The van der Waals surface area contributed by atoms with Crippen molar-refractivity contribution < 1.29 is 0 Å². The van der Waals surface area contributed by atoms with Crippen molar-refractivity contribution in [3.8, 4) is 0 Å². The van der Waals surface area contributed by atoms with E-state index in [0.717, 1.165) is 24.2 Å². The molecular weight excluding hydrogens is 196 g/mol. The summed E-state index contributed by atoms with van der Waals surface area (Å²) in [5.41, 5.74) is 3.72. The van der Waals surface area contributed by atoms with Crippen LogP contribution in [0.25, 0.3) is 0 Å². The topological polar surface area (TPSA) is 25.2 Å². The van der Waals surface area contributed by atoms with Gasteiger partial charge in [0.1, 0.15) is 0 Å². The molecule has 0 unspecified atom stereocenters. The van der Waals surface area contributed by atoms with Gasteiger partial charge < -0.3 is 0 Å². The van der Waals surface area contributed by atoms with Crippen LogP contribution in [0.3, 0.4) is 0 Å². The van der Waals surface area contributed by atoms with E-state index in [1.165, 1.54) is 24.8 Å². The number of hydrogen-bond donors (Lipinski definition) is 0. The fourth-order valence-corrected chi connectivity index (χ4v) is 2.01. The summed E-state index contributed by atoms with van der Waals surface area (Å²) in [5.74, 6) is 0. The van der Waals surface area contributed by atoms with Gasteiger partial charge in [0.15, 0.2) is 0 Å². The van der Waals surface area contributed by atoms with Gasteiger partial charge in [0.2, 0.25) is 0 Å². The van der Waals surface area contributed by atoms with Crippen LogP contribution in [-0.2, 0) is 0 Å². The van der Waals surface area contributed by atoms with Crippen LogP contribution < -0.4 is 0 Å². The quantitative estimate of drug-likeness (QED) is 0.690. The van der Waals surface area contributed by atoms with E-state index in [1.54, 1.807) is 6.20 Å². The summed E-state index contributed by atoms with van der Waals surface area (Å²) in [4.78, 5) is 8.70. The highest BCUT2D eigenvalue weighted by Gasteiger charge is 2.13. The smallest absolute Gasteiger partial charge is 0.0695 e. The Morgan fingerprint density at radius 2 is 2.25 bits per heavy atom. The van der Waals surface area contributed by atoms with Crippen LogP contribution in [0.4, 0.5) is 0 Å². The predicted octanol–water partition coefficient (Wildman–Crippen LogP) is 3.39. The van der Waals surface area contributed by atoms with E-state index in [4.69, 9.17) is 0 Å². The standard InChI is InChI=1S/C14H18N2/c1-2-3-4-6-12-8-10-16-14(12)13-7-5-9-15-11-13/h5,7-9,11H,2-4,6,10H2,1H3. The summed E-state index contributed by atoms with van der Waals surface area (Å²) < 4.78 is 0. The molecule has 1 aromatic rings. The van der Waals surface area contributed by atoms with Crippen molar-refractivity contribution in [1.82, 2.24) is 4.98 Å². The van der Waals surface area contributed by atoms with E-state index in [-0.39, 0.29) is 0 Å². The van der Waals surface area contributed by atoms with Crippen molar-refractivity contribution in [2.45, 2.75) is 32.6 Å². The molecule has 16 heavy (non-hydrogen) atoms. The normalized spacial score (nSPS) is 14.8. The van der Waals surface area contributed by atoms with Crippen molar-refractivity contribution in [3.05, 3.63) is 41.7 Å². The van der Waals surface area contributed by atoms with Gasteiger partial charge in [0, 0.05) is 18.0 Å². The molecule has 2 rings (SSSR count). The first-order chi connectivity index (χ1) is 7.92. The largest absolute Gasteiger partial charge is 0.280 e. The average Bonchev–Trinajstić information content (AvgIpc) is 2.79. The Morgan fingerprint density at radius 3 is 3.00 bits per heavy atom. The Bertz CT molecular complexity index is 390. The number of unbranched alkanes of at least 4 members (excludes halogenated alkanes) is 2. The summed E-state index contributed by atoms with van der Waals surface area (Å²) in [6, 6.07) is 4.06. The Balaban J connectivity index is 2.03. The van der Waals surface area contributed by atoms with E-state index in [0.29, 0.717) is 0 Å². The average molecular weight is 214 g/mol. The van der Waals surface area contributed by atoms with Gasteiger partial charge in [-0.1, -0.05) is 25.8 Å². The minimum absolute atomic E-state index is 0.839. The van der Waals surface area contributed by atoms with Gasteiger partial charge in [-0.25, -0.2) is 0 Å². The molecule has 0 bridgehead atoms. The van der Waals surface area contributed by atoms with E-state index >= 15 is 0 Å². The third-order valence-electron chi connectivity index (χ3n) is 2.88. The van der Waals surface area contributed by atoms with Crippen LogP contribution in [-0.4, -0.2) is 17.2 Å². The molecule has 0 saturated heterocycles. The summed E-state index contributed by atoms with van der Waals surface area (Å²) >= 11 is 0. The first-order valence-electron chi connectivity index (χ1n) is 6.06.